The average molecular weight is 283 g/mol. The largest absolute Gasteiger partial charge is 0.291 e. The van der Waals surface area contributed by atoms with E-state index in [4.69, 9.17) is 0 Å². The quantitative estimate of drug-likeness (QED) is 0.833. The van der Waals surface area contributed by atoms with Gasteiger partial charge in [-0.1, -0.05) is 22.0 Å². The Hall–Kier alpha value is -0.870. The second kappa shape index (κ2) is 4.18. The molecule has 1 aliphatic rings. The van der Waals surface area contributed by atoms with Crippen molar-refractivity contribution < 1.29 is 4.79 Å². The van der Waals surface area contributed by atoms with Crippen molar-refractivity contribution in [2.24, 2.45) is 0 Å². The molecule has 0 radical (unpaired) electrons. The maximum absolute atomic E-state index is 12.0. The number of benzene rings is 1. The van der Waals surface area contributed by atoms with Crippen LogP contribution >= 0.6 is 15.9 Å². The molecule has 4 heteroatoms. The molecule has 0 atom stereocenters. The summed E-state index contributed by atoms with van der Waals surface area (Å²) < 4.78 is 1.02. The number of rotatable bonds is 3. The minimum atomic E-state index is -0.309. The summed E-state index contributed by atoms with van der Waals surface area (Å²) in [6, 6.07) is 6.11. The van der Waals surface area contributed by atoms with E-state index >= 15 is 0 Å². The fraction of sp³-hybridized carbons (Fsp3) is 0.417. The first kappa shape index (κ1) is 11.6. The average Bonchev–Trinajstić information content (AvgIpc) is 3.03. The van der Waals surface area contributed by atoms with Gasteiger partial charge in [0.1, 0.15) is 0 Å². The Balaban J connectivity index is 2.36. The van der Waals surface area contributed by atoms with Crippen molar-refractivity contribution in [2.75, 3.05) is 7.05 Å². The van der Waals surface area contributed by atoms with Crippen LogP contribution in [0.25, 0.3) is 0 Å². The molecule has 0 saturated heterocycles. The maximum atomic E-state index is 12.0. The smallest absolute Gasteiger partial charge is 0.244 e. The molecule has 1 aliphatic carbocycles. The van der Waals surface area contributed by atoms with Crippen LogP contribution in [0.5, 0.6) is 0 Å². The highest BCUT2D eigenvalue weighted by molar-refractivity contribution is 9.10. The molecular weight excluding hydrogens is 268 g/mol. The van der Waals surface area contributed by atoms with Crippen LogP contribution in [0.15, 0.2) is 22.7 Å². The van der Waals surface area contributed by atoms with Gasteiger partial charge in [0.05, 0.1) is 5.41 Å². The van der Waals surface area contributed by atoms with Crippen molar-refractivity contribution >= 4 is 21.8 Å². The SMILES string of the molecule is CNNC(=O)C1(c2cc(Br)ccc2C)CC1. The highest BCUT2D eigenvalue weighted by Crippen LogP contribution is 2.49. The summed E-state index contributed by atoms with van der Waals surface area (Å²) in [6.07, 6.45) is 1.86. The van der Waals surface area contributed by atoms with Crippen molar-refractivity contribution in [3.63, 3.8) is 0 Å². The molecule has 2 N–H and O–H groups in total. The second-order valence-corrected chi connectivity index (χ2v) is 5.16. The Morgan fingerprint density at radius 2 is 2.12 bits per heavy atom. The fourth-order valence-electron chi connectivity index (χ4n) is 2.09. The first-order valence-electron chi connectivity index (χ1n) is 5.34. The van der Waals surface area contributed by atoms with Crippen molar-refractivity contribution in [1.29, 1.82) is 0 Å². The monoisotopic (exact) mass is 282 g/mol. The van der Waals surface area contributed by atoms with Crippen LogP contribution in [-0.2, 0) is 10.2 Å². The van der Waals surface area contributed by atoms with Crippen molar-refractivity contribution in [3.8, 4) is 0 Å². The number of aryl methyl sites for hydroxylation is 1. The van der Waals surface area contributed by atoms with E-state index in [0.717, 1.165) is 22.9 Å². The van der Waals surface area contributed by atoms with E-state index in [1.54, 1.807) is 7.05 Å². The summed E-state index contributed by atoms with van der Waals surface area (Å²) in [7, 11) is 1.71. The maximum Gasteiger partial charge on any atom is 0.244 e. The number of halogens is 1. The van der Waals surface area contributed by atoms with Gasteiger partial charge in [-0.25, -0.2) is 5.43 Å². The minimum Gasteiger partial charge on any atom is -0.291 e. The van der Waals surface area contributed by atoms with E-state index in [1.165, 1.54) is 5.56 Å². The molecule has 1 saturated carbocycles. The van der Waals surface area contributed by atoms with Crippen LogP contribution in [0.4, 0.5) is 0 Å². The lowest BCUT2D eigenvalue weighted by Gasteiger charge is -2.17. The Morgan fingerprint density at radius 1 is 1.44 bits per heavy atom. The molecule has 0 aliphatic heterocycles. The van der Waals surface area contributed by atoms with E-state index in [2.05, 4.69) is 39.8 Å². The van der Waals surface area contributed by atoms with E-state index in [1.807, 2.05) is 12.1 Å². The Kier molecular flexibility index (Phi) is 3.04. The number of nitrogens with one attached hydrogen (secondary N) is 2. The van der Waals surface area contributed by atoms with Crippen LogP contribution in [0.1, 0.15) is 24.0 Å². The molecule has 1 aromatic rings. The third kappa shape index (κ3) is 1.87. The zero-order valence-electron chi connectivity index (χ0n) is 9.43. The van der Waals surface area contributed by atoms with Gasteiger partial charge in [0, 0.05) is 11.5 Å². The zero-order valence-corrected chi connectivity index (χ0v) is 11.0. The van der Waals surface area contributed by atoms with Crippen LogP contribution in [0.2, 0.25) is 0 Å². The van der Waals surface area contributed by atoms with Crippen LogP contribution in [0.3, 0.4) is 0 Å². The van der Waals surface area contributed by atoms with E-state index < -0.39 is 0 Å². The molecule has 0 unspecified atom stereocenters. The molecule has 1 fully saturated rings. The zero-order chi connectivity index (χ0) is 11.8. The summed E-state index contributed by atoms with van der Waals surface area (Å²) in [4.78, 5) is 12.0. The van der Waals surface area contributed by atoms with Crippen molar-refractivity contribution in [1.82, 2.24) is 10.9 Å². The van der Waals surface area contributed by atoms with Gasteiger partial charge in [0.15, 0.2) is 0 Å². The Morgan fingerprint density at radius 3 is 2.69 bits per heavy atom. The summed E-state index contributed by atoms with van der Waals surface area (Å²) in [5, 5.41) is 0. The number of amides is 1. The van der Waals surface area contributed by atoms with Gasteiger partial charge >= 0.3 is 0 Å². The Bertz CT molecular complexity index is 427. The third-order valence-electron chi connectivity index (χ3n) is 3.14. The standard InChI is InChI=1S/C12H15BrN2O/c1-8-3-4-9(13)7-10(8)12(5-6-12)11(16)15-14-2/h3-4,7,14H,5-6H2,1-2H3,(H,15,16). The van der Waals surface area contributed by atoms with Crippen molar-refractivity contribution in [3.05, 3.63) is 33.8 Å². The molecule has 0 aromatic heterocycles. The predicted octanol–water partition coefficient (Wildman–Crippen LogP) is 2.04. The summed E-state index contributed by atoms with van der Waals surface area (Å²) >= 11 is 3.46. The summed E-state index contributed by atoms with van der Waals surface area (Å²) in [6.45, 7) is 2.05. The topological polar surface area (TPSA) is 41.1 Å². The molecule has 0 bridgehead atoms. The van der Waals surface area contributed by atoms with Crippen LogP contribution in [-0.4, -0.2) is 13.0 Å². The summed E-state index contributed by atoms with van der Waals surface area (Å²) in [5.41, 5.74) is 7.39. The van der Waals surface area contributed by atoms with Gasteiger partial charge < -0.3 is 0 Å². The van der Waals surface area contributed by atoms with Gasteiger partial charge in [-0.05, 0) is 43.0 Å². The molecule has 0 heterocycles. The molecule has 86 valence electrons. The first-order valence-corrected chi connectivity index (χ1v) is 6.13. The minimum absolute atomic E-state index is 0.0659. The number of hydrazine groups is 1. The number of carbonyl (C=O) groups is 1. The highest BCUT2D eigenvalue weighted by atomic mass is 79.9. The van der Waals surface area contributed by atoms with Gasteiger partial charge in [0.2, 0.25) is 5.91 Å². The Labute approximate surface area is 104 Å². The third-order valence-corrected chi connectivity index (χ3v) is 3.63. The van der Waals surface area contributed by atoms with E-state index in [9.17, 15) is 4.79 Å². The molecule has 1 amide bonds. The van der Waals surface area contributed by atoms with Gasteiger partial charge in [-0.2, -0.15) is 0 Å². The summed E-state index contributed by atoms with van der Waals surface area (Å²) in [5.74, 6) is 0.0659. The number of carbonyl (C=O) groups excluding carboxylic acids is 1. The fourth-order valence-corrected chi connectivity index (χ4v) is 2.45. The lowest BCUT2D eigenvalue weighted by atomic mass is 9.91. The number of hydrogen-bond donors (Lipinski definition) is 2. The van der Waals surface area contributed by atoms with Gasteiger partial charge in [-0.15, -0.1) is 0 Å². The molecule has 2 rings (SSSR count). The normalized spacial score (nSPS) is 16.9. The molecule has 0 spiro atoms. The highest BCUT2D eigenvalue weighted by Gasteiger charge is 2.51. The van der Waals surface area contributed by atoms with Crippen molar-refractivity contribution in [2.45, 2.75) is 25.2 Å². The second-order valence-electron chi connectivity index (χ2n) is 4.25. The van der Waals surface area contributed by atoms with Gasteiger partial charge in [0.25, 0.3) is 0 Å². The first-order chi connectivity index (χ1) is 7.60. The molecule has 1 aromatic carbocycles. The predicted molar refractivity (Wildman–Crippen MR) is 67.0 cm³/mol. The molecule has 3 nitrogen and oxygen atoms in total. The molecular formula is C12H15BrN2O. The number of hydrogen-bond acceptors (Lipinski definition) is 2. The lowest BCUT2D eigenvalue weighted by Crippen LogP contribution is -2.41. The van der Waals surface area contributed by atoms with Gasteiger partial charge in [-0.3, -0.25) is 10.2 Å². The van der Waals surface area contributed by atoms with Crippen LogP contribution < -0.4 is 10.9 Å². The lowest BCUT2D eigenvalue weighted by molar-refractivity contribution is -0.124. The molecule has 16 heavy (non-hydrogen) atoms. The van der Waals surface area contributed by atoms with E-state index in [0.29, 0.717) is 0 Å². The van der Waals surface area contributed by atoms with E-state index in [-0.39, 0.29) is 11.3 Å². The van der Waals surface area contributed by atoms with Crippen LogP contribution in [0, 0.1) is 6.92 Å².